The molecule has 0 aliphatic carbocycles. The highest BCUT2D eigenvalue weighted by Gasteiger charge is 2.22. The molecule has 0 spiro atoms. The highest BCUT2D eigenvalue weighted by atomic mass is 79.9. The number of ether oxygens (including phenoxy) is 1. The normalized spacial score (nSPS) is 11.6. The van der Waals surface area contributed by atoms with Gasteiger partial charge in [0, 0.05) is 38.0 Å². The van der Waals surface area contributed by atoms with Crippen molar-refractivity contribution in [2.75, 3.05) is 13.6 Å². The lowest BCUT2D eigenvalue weighted by Crippen LogP contribution is -2.30. The molecule has 2 aromatic rings. The van der Waals surface area contributed by atoms with E-state index in [0.717, 1.165) is 15.4 Å². The smallest absolute Gasteiger partial charge is 0.306 e. The number of fused-ring (bicyclic) bond motifs is 1. The fraction of sp³-hybridized carbons (Fsp3) is 0.474. The van der Waals surface area contributed by atoms with Crippen molar-refractivity contribution in [3.05, 3.63) is 34.4 Å². The molecule has 0 aliphatic heterocycles. The molecule has 0 bridgehead atoms. The van der Waals surface area contributed by atoms with E-state index in [-0.39, 0.29) is 11.9 Å². The van der Waals surface area contributed by atoms with E-state index < -0.39 is 5.60 Å². The summed E-state index contributed by atoms with van der Waals surface area (Å²) >= 11 is 3.55. The molecule has 0 atom stereocenters. The fourth-order valence-electron chi connectivity index (χ4n) is 2.72. The quantitative estimate of drug-likeness (QED) is 0.698. The van der Waals surface area contributed by atoms with Crippen LogP contribution in [-0.4, -0.2) is 40.5 Å². The van der Waals surface area contributed by atoms with Crippen molar-refractivity contribution in [1.82, 2.24) is 9.47 Å². The summed E-state index contributed by atoms with van der Waals surface area (Å²) in [4.78, 5) is 26.2. The molecular formula is C19H25BrN2O3. The number of aryl methyl sites for hydroxylation is 1. The summed E-state index contributed by atoms with van der Waals surface area (Å²) in [5, 5.41) is 1.01. The van der Waals surface area contributed by atoms with E-state index in [1.807, 2.05) is 56.7 Å². The number of aromatic nitrogens is 1. The zero-order valence-electron chi connectivity index (χ0n) is 15.4. The Morgan fingerprint density at radius 1 is 1.24 bits per heavy atom. The van der Waals surface area contributed by atoms with Crippen LogP contribution in [0.3, 0.4) is 0 Å². The summed E-state index contributed by atoms with van der Waals surface area (Å²) in [6, 6.07) is 7.87. The molecule has 136 valence electrons. The average molecular weight is 409 g/mol. The van der Waals surface area contributed by atoms with Gasteiger partial charge in [0.25, 0.3) is 5.91 Å². The van der Waals surface area contributed by atoms with E-state index in [2.05, 4.69) is 15.9 Å². The molecule has 0 radical (unpaired) electrons. The van der Waals surface area contributed by atoms with Crippen LogP contribution in [0.15, 0.2) is 28.7 Å². The average Bonchev–Trinajstić information content (AvgIpc) is 2.77. The Hall–Kier alpha value is -1.82. The second kappa shape index (κ2) is 7.60. The van der Waals surface area contributed by atoms with Gasteiger partial charge in [0.1, 0.15) is 11.3 Å². The number of carbonyl (C=O) groups excluding carboxylic acids is 2. The lowest BCUT2D eigenvalue weighted by atomic mass is 10.2. The van der Waals surface area contributed by atoms with Crippen LogP contribution in [0.5, 0.6) is 0 Å². The molecule has 0 saturated carbocycles. The first-order valence-electron chi connectivity index (χ1n) is 8.32. The Morgan fingerprint density at radius 2 is 1.88 bits per heavy atom. The van der Waals surface area contributed by atoms with E-state index in [0.29, 0.717) is 25.1 Å². The minimum absolute atomic E-state index is 0.0743. The minimum atomic E-state index is -0.479. The van der Waals surface area contributed by atoms with Crippen molar-refractivity contribution in [1.29, 1.82) is 0 Å². The van der Waals surface area contributed by atoms with Crippen molar-refractivity contribution < 1.29 is 14.3 Å². The van der Waals surface area contributed by atoms with Crippen LogP contribution >= 0.6 is 15.9 Å². The monoisotopic (exact) mass is 408 g/mol. The van der Waals surface area contributed by atoms with Crippen molar-refractivity contribution >= 4 is 38.7 Å². The molecule has 1 amide bonds. The van der Waals surface area contributed by atoms with Crippen molar-refractivity contribution in [3.63, 3.8) is 0 Å². The van der Waals surface area contributed by atoms with Gasteiger partial charge in [0.15, 0.2) is 0 Å². The van der Waals surface area contributed by atoms with Crippen molar-refractivity contribution in [2.45, 2.75) is 39.2 Å². The topological polar surface area (TPSA) is 51.5 Å². The Bertz CT molecular complexity index is 751. The minimum Gasteiger partial charge on any atom is -0.460 e. The van der Waals surface area contributed by atoms with Crippen LogP contribution in [-0.2, 0) is 16.6 Å². The van der Waals surface area contributed by atoms with E-state index in [4.69, 9.17) is 4.74 Å². The number of halogens is 1. The largest absolute Gasteiger partial charge is 0.460 e. The molecule has 0 unspecified atom stereocenters. The lowest BCUT2D eigenvalue weighted by Gasteiger charge is -2.21. The maximum Gasteiger partial charge on any atom is 0.306 e. The molecule has 5 nitrogen and oxygen atoms in total. The molecule has 1 heterocycles. The van der Waals surface area contributed by atoms with Crippen molar-refractivity contribution in [2.24, 2.45) is 7.05 Å². The van der Waals surface area contributed by atoms with Gasteiger partial charge in [0.2, 0.25) is 0 Å². The third kappa shape index (κ3) is 4.63. The van der Waals surface area contributed by atoms with Gasteiger partial charge in [-0.1, -0.05) is 18.2 Å². The van der Waals surface area contributed by atoms with Gasteiger partial charge in [0.05, 0.1) is 4.47 Å². The molecule has 1 aromatic carbocycles. The number of para-hydroxylation sites is 1. The molecule has 6 heteroatoms. The Morgan fingerprint density at radius 3 is 2.48 bits per heavy atom. The summed E-state index contributed by atoms with van der Waals surface area (Å²) in [7, 11) is 3.64. The SMILES string of the molecule is CN(CCCC(=O)OC(C)(C)C)C(=O)c1c(Br)c2ccccc2n1C. The van der Waals surface area contributed by atoms with E-state index in [9.17, 15) is 9.59 Å². The van der Waals surface area contributed by atoms with Gasteiger partial charge in [-0.05, 0) is 49.2 Å². The summed E-state index contributed by atoms with van der Waals surface area (Å²) in [5.74, 6) is -0.311. The van der Waals surface area contributed by atoms with Crippen molar-refractivity contribution in [3.8, 4) is 0 Å². The molecule has 0 saturated heterocycles. The number of hydrogen-bond acceptors (Lipinski definition) is 3. The maximum atomic E-state index is 12.8. The van der Waals surface area contributed by atoms with E-state index in [1.165, 1.54) is 0 Å². The standard InChI is InChI=1S/C19H25BrN2O3/c1-19(2,3)25-15(23)11-8-12-21(4)18(24)17-16(20)13-9-6-7-10-14(13)22(17)5/h6-7,9-10H,8,11-12H2,1-5H3. The molecule has 0 aliphatic rings. The first-order valence-corrected chi connectivity index (χ1v) is 9.11. The first-order chi connectivity index (χ1) is 11.6. The molecule has 25 heavy (non-hydrogen) atoms. The maximum absolute atomic E-state index is 12.8. The number of benzene rings is 1. The number of nitrogens with zero attached hydrogens (tertiary/aromatic N) is 2. The number of hydrogen-bond donors (Lipinski definition) is 0. The Labute approximate surface area is 157 Å². The summed E-state index contributed by atoms with van der Waals surface area (Å²) in [6.07, 6.45) is 0.865. The fourth-order valence-corrected chi connectivity index (χ4v) is 3.49. The zero-order valence-corrected chi connectivity index (χ0v) is 17.0. The van der Waals surface area contributed by atoms with Crippen LogP contribution in [0.25, 0.3) is 10.9 Å². The van der Waals surface area contributed by atoms with Crippen LogP contribution in [0.4, 0.5) is 0 Å². The van der Waals surface area contributed by atoms with Crippen LogP contribution in [0.2, 0.25) is 0 Å². The number of rotatable bonds is 5. The van der Waals surface area contributed by atoms with Crippen LogP contribution in [0.1, 0.15) is 44.1 Å². The summed E-state index contributed by atoms with van der Waals surface area (Å²) in [6.45, 7) is 6.03. The Kier molecular flexibility index (Phi) is 5.93. The molecule has 0 N–H and O–H groups in total. The van der Waals surface area contributed by atoms with Gasteiger partial charge < -0.3 is 14.2 Å². The summed E-state index contributed by atoms with van der Waals surface area (Å²) in [5.41, 5.74) is 1.13. The van der Waals surface area contributed by atoms with Gasteiger partial charge in [-0.3, -0.25) is 9.59 Å². The molecule has 1 aromatic heterocycles. The zero-order chi connectivity index (χ0) is 18.8. The van der Waals surface area contributed by atoms with Crippen LogP contribution in [0, 0.1) is 0 Å². The van der Waals surface area contributed by atoms with Gasteiger partial charge >= 0.3 is 5.97 Å². The number of amides is 1. The highest BCUT2D eigenvalue weighted by molar-refractivity contribution is 9.10. The van der Waals surface area contributed by atoms with Gasteiger partial charge in [-0.25, -0.2) is 0 Å². The second-order valence-corrected chi connectivity index (χ2v) is 7.95. The third-order valence-corrected chi connectivity index (χ3v) is 4.69. The number of esters is 1. The second-order valence-electron chi connectivity index (χ2n) is 7.16. The predicted octanol–water partition coefficient (Wildman–Crippen LogP) is 4.13. The highest BCUT2D eigenvalue weighted by Crippen LogP contribution is 2.30. The predicted molar refractivity (Wildman–Crippen MR) is 103 cm³/mol. The van der Waals surface area contributed by atoms with E-state index in [1.54, 1.807) is 11.9 Å². The lowest BCUT2D eigenvalue weighted by molar-refractivity contribution is -0.154. The van der Waals surface area contributed by atoms with Crippen LogP contribution < -0.4 is 0 Å². The van der Waals surface area contributed by atoms with E-state index >= 15 is 0 Å². The van der Waals surface area contributed by atoms with Gasteiger partial charge in [-0.15, -0.1) is 0 Å². The first kappa shape index (κ1) is 19.5. The third-order valence-electron chi connectivity index (χ3n) is 3.89. The molecule has 2 rings (SSSR count). The molecular weight excluding hydrogens is 384 g/mol. The Balaban J connectivity index is 2.03. The molecule has 0 fully saturated rings. The van der Waals surface area contributed by atoms with Gasteiger partial charge in [-0.2, -0.15) is 0 Å². The summed E-state index contributed by atoms with van der Waals surface area (Å²) < 4.78 is 7.98. The number of carbonyl (C=O) groups is 2.